The number of amides is 1. The van der Waals surface area contributed by atoms with Gasteiger partial charge < -0.3 is 15.0 Å². The fourth-order valence-corrected chi connectivity index (χ4v) is 4.87. The lowest BCUT2D eigenvalue weighted by molar-refractivity contribution is -0.116. The van der Waals surface area contributed by atoms with Gasteiger partial charge in [0, 0.05) is 38.7 Å². The molecule has 4 aromatic rings. The molecule has 8 nitrogen and oxygen atoms in total. The maximum atomic E-state index is 12.6. The molecule has 164 valence electrons. The Morgan fingerprint density at radius 1 is 1.12 bits per heavy atom. The summed E-state index contributed by atoms with van der Waals surface area (Å²) in [6.45, 7) is 3.12. The number of carbonyl (C=O) groups is 1. The number of fused-ring (bicyclic) bond motifs is 2. The van der Waals surface area contributed by atoms with Crippen molar-refractivity contribution in [3.8, 4) is 0 Å². The molecule has 1 N–H and O–H groups in total. The third kappa shape index (κ3) is 4.09. The molecule has 0 aliphatic carbocycles. The molecule has 3 heterocycles. The van der Waals surface area contributed by atoms with Crippen LogP contribution in [0.25, 0.3) is 21.1 Å². The predicted molar refractivity (Wildman–Crippen MR) is 127 cm³/mol. The summed E-state index contributed by atoms with van der Waals surface area (Å²) in [4.78, 5) is 36.6. The number of morpholine rings is 1. The number of para-hydroxylation sites is 1. The number of nitrogens with zero attached hydrogens (tertiary/aromatic N) is 4. The highest BCUT2D eigenvalue weighted by molar-refractivity contribution is 7.22. The van der Waals surface area contributed by atoms with E-state index in [0.29, 0.717) is 23.1 Å². The van der Waals surface area contributed by atoms with Crippen LogP contribution in [-0.2, 0) is 23.0 Å². The Kier molecular flexibility index (Phi) is 5.59. The average Bonchev–Trinajstić information content (AvgIpc) is 3.25. The first kappa shape index (κ1) is 20.6. The SMILES string of the molecule is Cn1c(CCC(=O)Nc2ccc3nc(N4CCOCC4)sc3c2)nc2ccccc2c1=O. The molecule has 32 heavy (non-hydrogen) atoms. The number of aryl methyl sites for hydroxylation is 1. The number of hydrogen-bond donors (Lipinski definition) is 1. The lowest BCUT2D eigenvalue weighted by atomic mass is 10.2. The van der Waals surface area contributed by atoms with E-state index in [0.717, 1.165) is 47.3 Å². The van der Waals surface area contributed by atoms with E-state index >= 15 is 0 Å². The molecular formula is C23H23N5O3S. The number of nitrogens with one attached hydrogen (secondary N) is 1. The lowest BCUT2D eigenvalue weighted by Gasteiger charge is -2.25. The van der Waals surface area contributed by atoms with Crippen molar-refractivity contribution in [3.05, 3.63) is 58.6 Å². The maximum Gasteiger partial charge on any atom is 0.261 e. The van der Waals surface area contributed by atoms with E-state index in [1.807, 2.05) is 36.4 Å². The minimum atomic E-state index is -0.121. The largest absolute Gasteiger partial charge is 0.378 e. The molecule has 9 heteroatoms. The van der Waals surface area contributed by atoms with E-state index in [-0.39, 0.29) is 17.9 Å². The fraction of sp³-hybridized carbons (Fsp3) is 0.304. The van der Waals surface area contributed by atoms with Crippen LogP contribution in [-0.4, -0.2) is 46.7 Å². The van der Waals surface area contributed by atoms with Crippen molar-refractivity contribution >= 4 is 49.2 Å². The molecule has 0 atom stereocenters. The Morgan fingerprint density at radius 2 is 1.94 bits per heavy atom. The Balaban J connectivity index is 1.27. The Hall–Kier alpha value is -3.30. The van der Waals surface area contributed by atoms with Gasteiger partial charge in [-0.3, -0.25) is 14.2 Å². The average molecular weight is 450 g/mol. The van der Waals surface area contributed by atoms with Gasteiger partial charge in [0.15, 0.2) is 5.13 Å². The molecular weight excluding hydrogens is 426 g/mol. The zero-order valence-electron chi connectivity index (χ0n) is 17.7. The molecule has 1 aliphatic heterocycles. The first-order valence-corrected chi connectivity index (χ1v) is 11.4. The van der Waals surface area contributed by atoms with Gasteiger partial charge in [-0.1, -0.05) is 23.5 Å². The summed E-state index contributed by atoms with van der Waals surface area (Å²) in [6.07, 6.45) is 0.616. The number of aromatic nitrogens is 3. The summed E-state index contributed by atoms with van der Waals surface area (Å²) in [5.41, 5.74) is 2.21. The van der Waals surface area contributed by atoms with Gasteiger partial charge in [-0.15, -0.1) is 0 Å². The van der Waals surface area contributed by atoms with Crippen molar-refractivity contribution in [3.63, 3.8) is 0 Å². The first-order valence-electron chi connectivity index (χ1n) is 10.6. The van der Waals surface area contributed by atoms with Gasteiger partial charge in [0.2, 0.25) is 5.91 Å². The molecule has 0 bridgehead atoms. The van der Waals surface area contributed by atoms with Crippen molar-refractivity contribution in [2.45, 2.75) is 12.8 Å². The minimum Gasteiger partial charge on any atom is -0.378 e. The van der Waals surface area contributed by atoms with Gasteiger partial charge in [0.1, 0.15) is 5.82 Å². The first-order chi connectivity index (χ1) is 15.6. The second-order valence-corrected chi connectivity index (χ2v) is 8.74. The fourth-order valence-electron chi connectivity index (χ4n) is 3.82. The normalized spacial score (nSPS) is 14.2. The lowest BCUT2D eigenvalue weighted by Crippen LogP contribution is -2.36. The van der Waals surface area contributed by atoms with E-state index in [1.54, 1.807) is 24.5 Å². The molecule has 1 aliphatic rings. The number of ether oxygens (including phenoxy) is 1. The van der Waals surface area contributed by atoms with Gasteiger partial charge in [-0.05, 0) is 30.3 Å². The van der Waals surface area contributed by atoms with Crippen molar-refractivity contribution in [2.24, 2.45) is 7.05 Å². The van der Waals surface area contributed by atoms with E-state index in [2.05, 4.69) is 15.2 Å². The van der Waals surface area contributed by atoms with Crippen LogP contribution in [0, 0.1) is 0 Å². The monoisotopic (exact) mass is 449 g/mol. The van der Waals surface area contributed by atoms with Crippen LogP contribution in [0.5, 0.6) is 0 Å². The summed E-state index contributed by atoms with van der Waals surface area (Å²) in [7, 11) is 1.69. The topological polar surface area (TPSA) is 89.3 Å². The maximum absolute atomic E-state index is 12.6. The molecule has 5 rings (SSSR count). The van der Waals surface area contributed by atoms with Gasteiger partial charge in [-0.2, -0.15) is 0 Å². The summed E-state index contributed by atoms with van der Waals surface area (Å²) in [6, 6.07) is 13.0. The second-order valence-electron chi connectivity index (χ2n) is 7.74. The van der Waals surface area contributed by atoms with Crippen LogP contribution in [0.2, 0.25) is 0 Å². The van der Waals surface area contributed by atoms with Crippen LogP contribution in [0.15, 0.2) is 47.3 Å². The van der Waals surface area contributed by atoms with E-state index in [1.165, 1.54) is 4.57 Å². The molecule has 1 saturated heterocycles. The summed E-state index contributed by atoms with van der Waals surface area (Å²) >= 11 is 1.62. The molecule has 2 aromatic heterocycles. The molecule has 1 fully saturated rings. The minimum absolute atomic E-state index is 0.0993. The Bertz CT molecular complexity index is 1360. The van der Waals surface area contributed by atoms with Crippen molar-refractivity contribution < 1.29 is 9.53 Å². The number of benzene rings is 2. The van der Waals surface area contributed by atoms with Crippen LogP contribution in [0.3, 0.4) is 0 Å². The van der Waals surface area contributed by atoms with Crippen LogP contribution in [0.1, 0.15) is 12.2 Å². The van der Waals surface area contributed by atoms with Crippen molar-refractivity contribution in [1.82, 2.24) is 14.5 Å². The van der Waals surface area contributed by atoms with Crippen LogP contribution < -0.4 is 15.8 Å². The molecule has 0 spiro atoms. The summed E-state index contributed by atoms with van der Waals surface area (Å²) in [5, 5.41) is 4.52. The highest BCUT2D eigenvalue weighted by Crippen LogP contribution is 2.31. The summed E-state index contributed by atoms with van der Waals surface area (Å²) < 4.78 is 7.96. The number of anilines is 2. The van der Waals surface area contributed by atoms with Crippen LogP contribution in [0.4, 0.5) is 10.8 Å². The summed E-state index contributed by atoms with van der Waals surface area (Å²) in [5.74, 6) is 0.474. The smallest absolute Gasteiger partial charge is 0.261 e. The quantitative estimate of drug-likeness (QED) is 0.504. The second kappa shape index (κ2) is 8.68. The van der Waals surface area contributed by atoms with Crippen molar-refractivity contribution in [1.29, 1.82) is 0 Å². The molecule has 2 aromatic carbocycles. The van der Waals surface area contributed by atoms with Gasteiger partial charge in [-0.25, -0.2) is 9.97 Å². The van der Waals surface area contributed by atoms with Gasteiger partial charge in [0.25, 0.3) is 5.56 Å². The third-order valence-corrected chi connectivity index (χ3v) is 6.67. The third-order valence-electron chi connectivity index (χ3n) is 5.59. The number of rotatable bonds is 5. The molecule has 1 amide bonds. The highest BCUT2D eigenvalue weighted by Gasteiger charge is 2.16. The van der Waals surface area contributed by atoms with Crippen molar-refractivity contribution in [2.75, 3.05) is 36.5 Å². The highest BCUT2D eigenvalue weighted by atomic mass is 32.1. The zero-order valence-corrected chi connectivity index (χ0v) is 18.5. The molecule has 0 radical (unpaired) electrons. The van der Waals surface area contributed by atoms with Crippen LogP contribution >= 0.6 is 11.3 Å². The molecule has 0 unspecified atom stereocenters. The number of hydrogen-bond acceptors (Lipinski definition) is 7. The Labute approximate surface area is 188 Å². The standard InChI is InChI=1S/C23H23N5O3S/c1-27-20(25-17-5-3-2-4-16(17)22(27)30)8-9-21(29)24-15-6-7-18-19(14-15)32-23(26-18)28-10-12-31-13-11-28/h2-7,14H,8-13H2,1H3,(H,24,29). The zero-order chi connectivity index (χ0) is 22.1. The van der Waals surface area contributed by atoms with E-state index < -0.39 is 0 Å². The van der Waals surface area contributed by atoms with E-state index in [4.69, 9.17) is 9.72 Å². The number of thiazole rings is 1. The predicted octanol–water partition coefficient (Wildman–Crippen LogP) is 2.95. The van der Waals surface area contributed by atoms with Gasteiger partial charge in [0.05, 0.1) is 34.3 Å². The van der Waals surface area contributed by atoms with Gasteiger partial charge >= 0.3 is 0 Å². The van der Waals surface area contributed by atoms with E-state index in [9.17, 15) is 9.59 Å². The Morgan fingerprint density at radius 3 is 2.78 bits per heavy atom. The molecule has 0 saturated carbocycles. The number of carbonyl (C=O) groups excluding carboxylic acids is 1.